The number of halogens is 3. The molecule has 1 aromatic carbocycles. The van der Waals surface area contributed by atoms with Crippen molar-refractivity contribution in [1.29, 1.82) is 0 Å². The summed E-state index contributed by atoms with van der Waals surface area (Å²) in [5.41, 5.74) is 0.362. The maximum absolute atomic E-state index is 13.0. The molecule has 0 radical (unpaired) electrons. The van der Waals surface area contributed by atoms with Gasteiger partial charge >= 0.3 is 6.18 Å². The molecule has 2 N–H and O–H groups in total. The molecular formula is C23H23F3N2O3. The fourth-order valence-electron chi connectivity index (χ4n) is 4.04. The molecule has 0 bridgehead atoms. The molecule has 0 spiro atoms. The summed E-state index contributed by atoms with van der Waals surface area (Å²) in [6.07, 6.45) is 2.32. The third-order valence-corrected chi connectivity index (χ3v) is 5.68. The maximum atomic E-state index is 13.0. The van der Waals surface area contributed by atoms with Crippen LogP contribution in [0.3, 0.4) is 0 Å². The number of H-pyrrole nitrogens is 1. The number of aromatic nitrogens is 1. The molecule has 4 rings (SSSR count). The number of carbonyl (C=O) groups excluding carboxylic acids is 1. The second kappa shape index (κ2) is 8.61. The Bertz CT molecular complexity index is 1040. The third kappa shape index (κ3) is 5.00. The highest BCUT2D eigenvalue weighted by molar-refractivity contribution is 5.82. The van der Waals surface area contributed by atoms with Gasteiger partial charge in [-0.05, 0) is 61.9 Å². The van der Waals surface area contributed by atoms with E-state index in [0.29, 0.717) is 29.7 Å². The number of carbonyl (C=O) groups is 1. The summed E-state index contributed by atoms with van der Waals surface area (Å²) in [4.78, 5) is 27.0. The van der Waals surface area contributed by atoms with Crippen LogP contribution < -0.4 is 15.6 Å². The van der Waals surface area contributed by atoms with Crippen molar-refractivity contribution >= 4 is 11.5 Å². The maximum Gasteiger partial charge on any atom is 0.416 e. The molecule has 0 unspecified atom stereocenters. The summed E-state index contributed by atoms with van der Waals surface area (Å²) >= 11 is 0. The number of rotatable bonds is 5. The summed E-state index contributed by atoms with van der Waals surface area (Å²) in [6.45, 7) is 0. The minimum absolute atomic E-state index is 0.0329. The number of hydrogen-bond acceptors (Lipinski definition) is 3. The molecule has 2 fully saturated rings. The smallest absolute Gasteiger partial charge is 0.416 e. The Morgan fingerprint density at radius 3 is 2.29 bits per heavy atom. The van der Waals surface area contributed by atoms with Crippen molar-refractivity contribution in [2.75, 3.05) is 0 Å². The van der Waals surface area contributed by atoms with Crippen LogP contribution in [0.2, 0.25) is 0 Å². The third-order valence-electron chi connectivity index (χ3n) is 5.68. The van der Waals surface area contributed by atoms with E-state index in [4.69, 9.17) is 4.74 Å². The molecule has 2 heterocycles. The van der Waals surface area contributed by atoms with Gasteiger partial charge in [-0.15, -0.1) is 0 Å². The van der Waals surface area contributed by atoms with Crippen LogP contribution in [0.25, 0.3) is 5.57 Å². The van der Waals surface area contributed by atoms with Crippen molar-refractivity contribution in [3.05, 3.63) is 69.6 Å². The van der Waals surface area contributed by atoms with Crippen molar-refractivity contribution in [2.24, 2.45) is 0 Å². The molecule has 2 aromatic rings. The van der Waals surface area contributed by atoms with E-state index in [1.807, 2.05) is 0 Å². The number of alkyl halides is 3. The summed E-state index contributed by atoms with van der Waals surface area (Å²) < 4.78 is 44.7. The van der Waals surface area contributed by atoms with Gasteiger partial charge in [0.2, 0.25) is 5.91 Å². The van der Waals surface area contributed by atoms with Crippen LogP contribution in [0, 0.1) is 0 Å². The van der Waals surface area contributed by atoms with Crippen LogP contribution in [0.1, 0.15) is 55.3 Å². The van der Waals surface area contributed by atoms with Gasteiger partial charge in [0, 0.05) is 23.7 Å². The number of nitrogens with one attached hydrogen (secondary N) is 2. The van der Waals surface area contributed by atoms with Crippen LogP contribution in [-0.4, -0.2) is 23.0 Å². The Labute approximate surface area is 177 Å². The van der Waals surface area contributed by atoms with Crippen LogP contribution in [0.4, 0.5) is 13.2 Å². The number of ether oxygens (including phenoxy) is 1. The summed E-state index contributed by atoms with van der Waals surface area (Å²) in [7, 11) is 0. The van der Waals surface area contributed by atoms with Gasteiger partial charge in [-0.2, -0.15) is 13.2 Å². The van der Waals surface area contributed by atoms with Crippen LogP contribution >= 0.6 is 0 Å². The largest absolute Gasteiger partial charge is 0.485 e. The van der Waals surface area contributed by atoms with E-state index < -0.39 is 17.3 Å². The monoisotopic (exact) mass is 432 g/mol. The average Bonchev–Trinajstić information content (AvgIpc) is 3.39. The SMILES string of the molecule is O=C1CC[C@H](C=C(c2ccc(C(F)(F)F)cc2)c2ccc(OC3CCCC3)c(=O)[nH]2)N1. The molecule has 2 aliphatic rings. The fourth-order valence-corrected chi connectivity index (χ4v) is 4.04. The van der Waals surface area contributed by atoms with Crippen molar-refractivity contribution in [3.8, 4) is 5.75 Å². The number of pyridine rings is 1. The van der Waals surface area contributed by atoms with Gasteiger partial charge in [0.05, 0.1) is 11.7 Å². The molecule has 5 nitrogen and oxygen atoms in total. The number of benzene rings is 1. The zero-order chi connectivity index (χ0) is 22.0. The van der Waals surface area contributed by atoms with E-state index in [1.54, 1.807) is 18.2 Å². The average molecular weight is 432 g/mol. The van der Waals surface area contributed by atoms with Gasteiger partial charge in [-0.3, -0.25) is 9.59 Å². The van der Waals surface area contributed by atoms with E-state index in [2.05, 4.69) is 10.3 Å². The van der Waals surface area contributed by atoms with Crippen molar-refractivity contribution < 1.29 is 22.7 Å². The topological polar surface area (TPSA) is 71.2 Å². The minimum atomic E-state index is -4.44. The molecule has 1 amide bonds. The summed E-state index contributed by atoms with van der Waals surface area (Å²) in [5.74, 6) is 0.151. The lowest BCUT2D eigenvalue weighted by Gasteiger charge is -2.15. The molecule has 8 heteroatoms. The normalized spacial score (nSPS) is 20.2. The predicted octanol–water partition coefficient (Wildman–Crippen LogP) is 4.43. The molecule has 1 aromatic heterocycles. The van der Waals surface area contributed by atoms with Gasteiger partial charge < -0.3 is 15.0 Å². The van der Waals surface area contributed by atoms with E-state index in [1.165, 1.54) is 12.1 Å². The predicted molar refractivity (Wildman–Crippen MR) is 110 cm³/mol. The molecule has 1 aliphatic heterocycles. The van der Waals surface area contributed by atoms with Crippen molar-refractivity contribution in [2.45, 2.75) is 56.8 Å². The lowest BCUT2D eigenvalue weighted by Crippen LogP contribution is -2.24. The van der Waals surface area contributed by atoms with Crippen LogP contribution in [0.5, 0.6) is 5.75 Å². The molecule has 1 saturated heterocycles. The first kappa shape index (κ1) is 21.2. The van der Waals surface area contributed by atoms with E-state index >= 15 is 0 Å². The molecule has 1 atom stereocenters. The van der Waals surface area contributed by atoms with Crippen LogP contribution in [0.15, 0.2) is 47.3 Å². The number of amides is 1. The molecule has 31 heavy (non-hydrogen) atoms. The highest BCUT2D eigenvalue weighted by atomic mass is 19.4. The van der Waals surface area contributed by atoms with Crippen molar-refractivity contribution in [1.82, 2.24) is 10.3 Å². The molecule has 1 saturated carbocycles. The Morgan fingerprint density at radius 2 is 1.71 bits per heavy atom. The van der Waals surface area contributed by atoms with Gasteiger partial charge in [-0.25, -0.2) is 0 Å². The van der Waals surface area contributed by atoms with E-state index in [9.17, 15) is 22.8 Å². The second-order valence-electron chi connectivity index (χ2n) is 7.96. The first-order valence-electron chi connectivity index (χ1n) is 10.4. The molecular weight excluding hydrogens is 409 g/mol. The number of hydrogen-bond donors (Lipinski definition) is 2. The minimum Gasteiger partial charge on any atom is -0.485 e. The highest BCUT2D eigenvalue weighted by Crippen LogP contribution is 2.32. The van der Waals surface area contributed by atoms with E-state index in [-0.39, 0.29) is 23.8 Å². The first-order valence-corrected chi connectivity index (χ1v) is 10.4. The Morgan fingerprint density at radius 1 is 1.00 bits per heavy atom. The quantitative estimate of drug-likeness (QED) is 0.735. The van der Waals surface area contributed by atoms with E-state index in [0.717, 1.165) is 37.8 Å². The van der Waals surface area contributed by atoms with Gasteiger partial charge in [0.25, 0.3) is 5.56 Å². The fraction of sp³-hybridized carbons (Fsp3) is 0.391. The molecule has 1 aliphatic carbocycles. The molecule has 164 valence electrons. The van der Waals surface area contributed by atoms with Crippen molar-refractivity contribution in [3.63, 3.8) is 0 Å². The summed E-state index contributed by atoms with van der Waals surface area (Å²) in [5, 5.41) is 2.82. The lowest BCUT2D eigenvalue weighted by molar-refractivity contribution is -0.137. The number of aromatic amines is 1. The Hall–Kier alpha value is -3.03. The van der Waals surface area contributed by atoms with Crippen LogP contribution in [-0.2, 0) is 11.0 Å². The highest BCUT2D eigenvalue weighted by Gasteiger charge is 2.30. The lowest BCUT2D eigenvalue weighted by atomic mass is 9.98. The van der Waals surface area contributed by atoms with Gasteiger partial charge in [0.15, 0.2) is 5.75 Å². The second-order valence-corrected chi connectivity index (χ2v) is 7.96. The Balaban J connectivity index is 1.67. The van der Waals surface area contributed by atoms with Gasteiger partial charge in [-0.1, -0.05) is 18.2 Å². The zero-order valence-electron chi connectivity index (χ0n) is 16.8. The Kier molecular flexibility index (Phi) is 5.89. The standard InChI is InChI=1S/C23H23F3N2O3/c24-23(25,26)15-7-5-14(6-8-15)18(13-16-9-12-21(29)27-16)19-10-11-20(22(30)28-19)31-17-3-1-2-4-17/h5-8,10-11,13,16-17H,1-4,9,12H2,(H,27,29)(H,28,30)/t16-/m1/s1. The first-order chi connectivity index (χ1) is 14.8. The van der Waals surface area contributed by atoms with Gasteiger partial charge in [0.1, 0.15) is 0 Å². The summed E-state index contributed by atoms with van der Waals surface area (Å²) in [6, 6.07) is 7.77. The zero-order valence-corrected chi connectivity index (χ0v) is 16.8.